The van der Waals surface area contributed by atoms with Crippen LogP contribution in [0.4, 0.5) is 4.39 Å². The Morgan fingerprint density at radius 1 is 1.35 bits per heavy atom. The van der Waals surface area contributed by atoms with Crippen LogP contribution >= 0.6 is 12.4 Å². The molecule has 1 heterocycles. The first-order valence-corrected chi connectivity index (χ1v) is 7.90. The highest BCUT2D eigenvalue weighted by Crippen LogP contribution is 2.20. The number of amides is 1. The molecule has 130 valence electrons. The first kappa shape index (κ1) is 19.9. The van der Waals surface area contributed by atoms with Crippen LogP contribution in [0.2, 0.25) is 0 Å². The van der Waals surface area contributed by atoms with Crippen molar-refractivity contribution in [3.8, 4) is 0 Å². The Balaban J connectivity index is 0.00000264. The highest BCUT2D eigenvalue weighted by molar-refractivity contribution is 5.85. The normalized spacial score (nSPS) is 19.0. The predicted molar refractivity (Wildman–Crippen MR) is 93.0 cm³/mol. The van der Waals surface area contributed by atoms with E-state index in [1.165, 1.54) is 12.1 Å². The second-order valence-electron chi connectivity index (χ2n) is 6.81. The van der Waals surface area contributed by atoms with Gasteiger partial charge in [0.2, 0.25) is 5.91 Å². The highest BCUT2D eigenvalue weighted by Gasteiger charge is 2.29. The molecule has 23 heavy (non-hydrogen) atoms. The monoisotopic (exact) mass is 343 g/mol. The van der Waals surface area contributed by atoms with Crippen LogP contribution in [0.25, 0.3) is 0 Å². The molecular formula is C17H27ClFN3O. The van der Waals surface area contributed by atoms with E-state index >= 15 is 0 Å². The second-order valence-corrected chi connectivity index (χ2v) is 6.81. The fourth-order valence-corrected chi connectivity index (χ4v) is 2.73. The van der Waals surface area contributed by atoms with Gasteiger partial charge in [0.1, 0.15) is 5.82 Å². The molecule has 2 rings (SSSR count). The molecule has 0 spiro atoms. The summed E-state index contributed by atoms with van der Waals surface area (Å²) in [5, 5.41) is 2.95. The molecular weight excluding hydrogens is 317 g/mol. The van der Waals surface area contributed by atoms with Crippen molar-refractivity contribution in [3.05, 3.63) is 35.6 Å². The van der Waals surface area contributed by atoms with Gasteiger partial charge in [0, 0.05) is 18.6 Å². The Morgan fingerprint density at radius 2 is 2.00 bits per heavy atom. The molecule has 1 atom stereocenters. The van der Waals surface area contributed by atoms with E-state index in [1.54, 1.807) is 12.1 Å². The van der Waals surface area contributed by atoms with Gasteiger partial charge in [-0.15, -0.1) is 12.4 Å². The van der Waals surface area contributed by atoms with Gasteiger partial charge in [-0.05, 0) is 50.9 Å². The average molecular weight is 344 g/mol. The summed E-state index contributed by atoms with van der Waals surface area (Å²) in [7, 11) is 0. The van der Waals surface area contributed by atoms with Crippen molar-refractivity contribution in [2.24, 2.45) is 5.73 Å². The number of rotatable bonds is 5. The minimum atomic E-state index is -0.411. The summed E-state index contributed by atoms with van der Waals surface area (Å²) in [6.45, 7) is 5.81. The minimum Gasteiger partial charge on any atom is -0.353 e. The molecule has 1 aliphatic heterocycles. The standard InChI is InChI=1S/C17H26FN3O.ClH/c1-17(2,19)12-20-16(22)15-5-3-4-10-21(15)11-13-6-8-14(18)9-7-13;/h6-9,15H,3-5,10-12,19H2,1-2H3,(H,20,22);1H. The molecule has 6 heteroatoms. The maximum Gasteiger partial charge on any atom is 0.237 e. The lowest BCUT2D eigenvalue weighted by Gasteiger charge is -2.35. The molecule has 4 nitrogen and oxygen atoms in total. The van der Waals surface area contributed by atoms with Crippen LogP contribution in [0.3, 0.4) is 0 Å². The first-order valence-electron chi connectivity index (χ1n) is 7.90. The molecule has 0 aliphatic carbocycles. The second kappa shape index (κ2) is 8.62. The summed E-state index contributed by atoms with van der Waals surface area (Å²) in [6.07, 6.45) is 3.01. The van der Waals surface area contributed by atoms with Gasteiger partial charge in [-0.1, -0.05) is 18.6 Å². The molecule has 1 aliphatic rings. The van der Waals surface area contributed by atoms with E-state index in [0.29, 0.717) is 13.1 Å². The Kier molecular flexibility index (Phi) is 7.45. The van der Waals surface area contributed by atoms with Crippen LogP contribution in [-0.4, -0.2) is 35.5 Å². The Hall–Kier alpha value is -1.17. The molecule has 1 saturated heterocycles. The third kappa shape index (κ3) is 6.45. The number of carbonyl (C=O) groups is 1. The van der Waals surface area contributed by atoms with Gasteiger partial charge in [0.05, 0.1) is 6.04 Å². The van der Waals surface area contributed by atoms with Gasteiger partial charge in [0.25, 0.3) is 0 Å². The van der Waals surface area contributed by atoms with Gasteiger partial charge < -0.3 is 11.1 Å². The quantitative estimate of drug-likeness (QED) is 0.863. The molecule has 1 aromatic rings. The SMILES string of the molecule is CC(C)(N)CNC(=O)C1CCCCN1Cc1ccc(F)cc1.Cl. The van der Waals surface area contributed by atoms with E-state index in [1.807, 2.05) is 13.8 Å². The summed E-state index contributed by atoms with van der Waals surface area (Å²) in [6, 6.07) is 6.36. The average Bonchev–Trinajstić information content (AvgIpc) is 2.47. The van der Waals surface area contributed by atoms with Gasteiger partial charge in [0.15, 0.2) is 0 Å². The van der Waals surface area contributed by atoms with E-state index in [0.717, 1.165) is 31.4 Å². The number of benzene rings is 1. The fourth-order valence-electron chi connectivity index (χ4n) is 2.73. The van der Waals surface area contributed by atoms with Crippen molar-refractivity contribution in [2.45, 2.75) is 51.2 Å². The molecule has 0 saturated carbocycles. The zero-order valence-corrected chi connectivity index (χ0v) is 14.7. The number of carbonyl (C=O) groups excluding carboxylic acids is 1. The number of nitrogens with one attached hydrogen (secondary N) is 1. The number of nitrogens with zero attached hydrogens (tertiary/aromatic N) is 1. The third-order valence-corrected chi connectivity index (χ3v) is 3.93. The van der Waals surface area contributed by atoms with Gasteiger partial charge in [-0.3, -0.25) is 9.69 Å². The Labute approximate surface area is 144 Å². The lowest BCUT2D eigenvalue weighted by Crippen LogP contribution is -2.53. The molecule has 1 fully saturated rings. The van der Waals surface area contributed by atoms with Crippen LogP contribution in [0, 0.1) is 5.82 Å². The highest BCUT2D eigenvalue weighted by atomic mass is 35.5. The van der Waals surface area contributed by atoms with Crippen molar-refractivity contribution in [3.63, 3.8) is 0 Å². The topological polar surface area (TPSA) is 58.4 Å². The largest absolute Gasteiger partial charge is 0.353 e. The fraction of sp³-hybridized carbons (Fsp3) is 0.588. The smallest absolute Gasteiger partial charge is 0.237 e. The summed E-state index contributed by atoms with van der Waals surface area (Å²) < 4.78 is 13.0. The van der Waals surface area contributed by atoms with Crippen molar-refractivity contribution >= 4 is 18.3 Å². The van der Waals surface area contributed by atoms with E-state index < -0.39 is 5.54 Å². The Bertz CT molecular complexity index is 502. The number of nitrogens with two attached hydrogens (primary N) is 1. The summed E-state index contributed by atoms with van der Waals surface area (Å²) >= 11 is 0. The van der Waals surface area contributed by atoms with Crippen molar-refractivity contribution < 1.29 is 9.18 Å². The van der Waals surface area contributed by atoms with Crippen molar-refractivity contribution in [1.82, 2.24) is 10.2 Å². The number of likely N-dealkylation sites (tertiary alicyclic amines) is 1. The molecule has 3 N–H and O–H groups in total. The van der Waals surface area contributed by atoms with Crippen LogP contribution in [-0.2, 0) is 11.3 Å². The van der Waals surface area contributed by atoms with Crippen LogP contribution in [0.1, 0.15) is 38.7 Å². The van der Waals surface area contributed by atoms with E-state index in [4.69, 9.17) is 5.73 Å². The summed E-state index contributed by atoms with van der Waals surface area (Å²) in [4.78, 5) is 14.6. The van der Waals surface area contributed by atoms with Crippen LogP contribution < -0.4 is 11.1 Å². The van der Waals surface area contributed by atoms with Crippen molar-refractivity contribution in [2.75, 3.05) is 13.1 Å². The minimum absolute atomic E-state index is 0. The number of hydrogen-bond acceptors (Lipinski definition) is 3. The zero-order valence-electron chi connectivity index (χ0n) is 13.8. The van der Waals surface area contributed by atoms with Crippen LogP contribution in [0.5, 0.6) is 0 Å². The van der Waals surface area contributed by atoms with E-state index in [-0.39, 0.29) is 30.2 Å². The van der Waals surface area contributed by atoms with Gasteiger partial charge in [-0.2, -0.15) is 0 Å². The molecule has 1 amide bonds. The molecule has 1 unspecified atom stereocenters. The molecule has 1 aromatic carbocycles. The maximum atomic E-state index is 13.0. The van der Waals surface area contributed by atoms with E-state index in [9.17, 15) is 9.18 Å². The summed E-state index contributed by atoms with van der Waals surface area (Å²) in [5.74, 6) is -0.192. The van der Waals surface area contributed by atoms with Crippen LogP contribution in [0.15, 0.2) is 24.3 Å². The van der Waals surface area contributed by atoms with Gasteiger partial charge >= 0.3 is 0 Å². The van der Waals surface area contributed by atoms with Gasteiger partial charge in [-0.25, -0.2) is 4.39 Å². The molecule has 0 radical (unpaired) electrons. The summed E-state index contributed by atoms with van der Waals surface area (Å²) in [5.41, 5.74) is 6.54. The predicted octanol–water partition coefficient (Wildman–Crippen LogP) is 2.46. The molecule has 0 aromatic heterocycles. The molecule has 0 bridgehead atoms. The van der Waals surface area contributed by atoms with Crippen molar-refractivity contribution in [1.29, 1.82) is 0 Å². The number of hydrogen-bond donors (Lipinski definition) is 2. The first-order chi connectivity index (χ1) is 10.3. The zero-order chi connectivity index (χ0) is 16.2. The van der Waals surface area contributed by atoms with E-state index in [2.05, 4.69) is 10.2 Å². The Morgan fingerprint density at radius 3 is 2.61 bits per heavy atom. The maximum absolute atomic E-state index is 13.0. The third-order valence-electron chi connectivity index (χ3n) is 3.93. The number of halogens is 2. The lowest BCUT2D eigenvalue weighted by atomic mass is 9.99. The number of piperidine rings is 1. The lowest BCUT2D eigenvalue weighted by molar-refractivity contribution is -0.128.